The number of carboxylic acid groups (broad SMARTS) is 1. The van der Waals surface area contributed by atoms with E-state index in [0.29, 0.717) is 17.9 Å². The summed E-state index contributed by atoms with van der Waals surface area (Å²) < 4.78 is 44.5. The fourth-order valence-corrected chi connectivity index (χ4v) is 4.15. The molecule has 1 aliphatic heterocycles. The lowest BCUT2D eigenvalue weighted by Crippen LogP contribution is -2.44. The Balaban J connectivity index is 1.72. The lowest BCUT2D eigenvalue weighted by Gasteiger charge is -2.37. The van der Waals surface area contributed by atoms with Gasteiger partial charge in [0.15, 0.2) is 0 Å². The summed E-state index contributed by atoms with van der Waals surface area (Å²) in [5.74, 6) is -0.293. The maximum absolute atomic E-state index is 12.8. The van der Waals surface area contributed by atoms with Crippen molar-refractivity contribution < 1.29 is 27.8 Å². The van der Waals surface area contributed by atoms with Crippen molar-refractivity contribution in [1.29, 1.82) is 0 Å². The largest absolute Gasteiger partial charge is 0.481 e. The van der Waals surface area contributed by atoms with Crippen LogP contribution < -0.4 is 5.32 Å². The van der Waals surface area contributed by atoms with Crippen LogP contribution in [0.4, 0.5) is 13.2 Å². The summed E-state index contributed by atoms with van der Waals surface area (Å²) in [4.78, 5) is 11.0. The Morgan fingerprint density at radius 2 is 1.78 bits per heavy atom. The number of benzene rings is 1. The first-order valence-electron chi connectivity index (χ1n) is 9.60. The van der Waals surface area contributed by atoms with E-state index in [2.05, 4.69) is 5.32 Å². The molecule has 2 N–H and O–H groups in total. The molecule has 3 rings (SSSR count). The standard InChI is InChI=1S/C20H26F3NO3/c21-20(22,23)15-7-5-14(6-8-15)19-17(24-12-13-3-1-2-4-13)10-9-16(27-19)11-18(25)26/h5-8,13,16-17,19,24H,1-4,9-12H2,(H,25,26). The number of aliphatic carboxylic acids is 1. The molecular formula is C20H26F3NO3. The summed E-state index contributed by atoms with van der Waals surface area (Å²) in [5.41, 5.74) is -0.0402. The number of nitrogens with one attached hydrogen (secondary N) is 1. The Bertz CT molecular complexity index is 626. The van der Waals surface area contributed by atoms with E-state index < -0.39 is 29.9 Å². The lowest BCUT2D eigenvalue weighted by molar-refractivity contribution is -0.145. The minimum Gasteiger partial charge on any atom is -0.481 e. The molecule has 2 aliphatic rings. The molecule has 0 spiro atoms. The van der Waals surface area contributed by atoms with Crippen LogP contribution >= 0.6 is 0 Å². The average Bonchev–Trinajstić information content (AvgIpc) is 3.13. The quantitative estimate of drug-likeness (QED) is 0.754. The van der Waals surface area contributed by atoms with Gasteiger partial charge in [-0.15, -0.1) is 0 Å². The Morgan fingerprint density at radius 3 is 2.37 bits per heavy atom. The Morgan fingerprint density at radius 1 is 1.11 bits per heavy atom. The summed E-state index contributed by atoms with van der Waals surface area (Å²) in [6.07, 6.45) is 0.950. The third-order valence-electron chi connectivity index (χ3n) is 5.62. The molecule has 3 unspecified atom stereocenters. The molecule has 0 radical (unpaired) electrons. The molecular weight excluding hydrogens is 359 g/mol. The number of alkyl halides is 3. The molecule has 3 atom stereocenters. The van der Waals surface area contributed by atoms with Gasteiger partial charge in [0.25, 0.3) is 0 Å². The molecule has 27 heavy (non-hydrogen) atoms. The number of hydrogen-bond donors (Lipinski definition) is 2. The second kappa shape index (κ2) is 8.61. The zero-order valence-corrected chi connectivity index (χ0v) is 15.2. The van der Waals surface area contributed by atoms with Crippen molar-refractivity contribution in [2.45, 2.75) is 69.4 Å². The number of carbonyl (C=O) groups is 1. The van der Waals surface area contributed by atoms with E-state index in [1.54, 1.807) is 0 Å². The maximum Gasteiger partial charge on any atom is 0.416 e. The van der Waals surface area contributed by atoms with Crippen molar-refractivity contribution in [3.8, 4) is 0 Å². The first kappa shape index (κ1) is 20.1. The molecule has 2 fully saturated rings. The first-order chi connectivity index (χ1) is 12.8. The van der Waals surface area contributed by atoms with Gasteiger partial charge in [0.05, 0.1) is 24.2 Å². The van der Waals surface area contributed by atoms with E-state index in [4.69, 9.17) is 9.84 Å². The third-order valence-corrected chi connectivity index (χ3v) is 5.62. The fraction of sp³-hybridized carbons (Fsp3) is 0.650. The van der Waals surface area contributed by atoms with E-state index in [-0.39, 0.29) is 12.5 Å². The van der Waals surface area contributed by atoms with Gasteiger partial charge in [0, 0.05) is 6.04 Å². The summed E-state index contributed by atoms with van der Waals surface area (Å²) in [6.45, 7) is 0.870. The van der Waals surface area contributed by atoms with Crippen LogP contribution in [0.1, 0.15) is 62.2 Å². The highest BCUT2D eigenvalue weighted by Crippen LogP contribution is 2.36. The van der Waals surface area contributed by atoms with Crippen molar-refractivity contribution >= 4 is 5.97 Å². The Labute approximate surface area is 157 Å². The predicted molar refractivity (Wildman–Crippen MR) is 94.3 cm³/mol. The zero-order chi connectivity index (χ0) is 19.4. The molecule has 1 saturated heterocycles. The van der Waals surface area contributed by atoms with Crippen molar-refractivity contribution in [2.24, 2.45) is 5.92 Å². The summed E-state index contributed by atoms with van der Waals surface area (Å²) in [5, 5.41) is 12.6. The second-order valence-corrected chi connectivity index (χ2v) is 7.64. The van der Waals surface area contributed by atoms with Crippen LogP contribution in [-0.4, -0.2) is 29.8 Å². The molecule has 0 amide bonds. The number of hydrogen-bond acceptors (Lipinski definition) is 3. The van der Waals surface area contributed by atoms with Gasteiger partial charge in [-0.05, 0) is 55.8 Å². The highest BCUT2D eigenvalue weighted by atomic mass is 19.4. The average molecular weight is 385 g/mol. The van der Waals surface area contributed by atoms with Gasteiger partial charge < -0.3 is 15.2 Å². The monoisotopic (exact) mass is 385 g/mol. The second-order valence-electron chi connectivity index (χ2n) is 7.64. The molecule has 4 nitrogen and oxygen atoms in total. The first-order valence-corrected chi connectivity index (χ1v) is 9.60. The Kier molecular flexibility index (Phi) is 6.42. The molecule has 1 saturated carbocycles. The van der Waals surface area contributed by atoms with E-state index in [1.165, 1.54) is 37.8 Å². The molecule has 150 valence electrons. The summed E-state index contributed by atoms with van der Waals surface area (Å²) in [6, 6.07) is 5.00. The minimum absolute atomic E-state index is 0.0209. The van der Waals surface area contributed by atoms with Crippen molar-refractivity contribution in [1.82, 2.24) is 5.32 Å². The molecule has 7 heteroatoms. The summed E-state index contributed by atoms with van der Waals surface area (Å²) in [7, 11) is 0. The maximum atomic E-state index is 12.8. The van der Waals surface area contributed by atoms with Gasteiger partial charge in [-0.2, -0.15) is 13.2 Å². The molecule has 1 heterocycles. The highest BCUT2D eigenvalue weighted by molar-refractivity contribution is 5.67. The smallest absolute Gasteiger partial charge is 0.416 e. The third kappa shape index (κ3) is 5.45. The van der Waals surface area contributed by atoms with E-state index in [0.717, 1.165) is 25.1 Å². The minimum atomic E-state index is -4.38. The topological polar surface area (TPSA) is 58.6 Å². The molecule has 0 aromatic heterocycles. The van der Waals surface area contributed by atoms with Gasteiger partial charge in [0.1, 0.15) is 0 Å². The predicted octanol–water partition coefficient (Wildman–Crippen LogP) is 4.55. The zero-order valence-electron chi connectivity index (χ0n) is 15.2. The van der Waals surface area contributed by atoms with Crippen LogP contribution in [0.25, 0.3) is 0 Å². The molecule has 0 bridgehead atoms. The number of ether oxygens (including phenoxy) is 1. The van der Waals surface area contributed by atoms with Crippen LogP contribution in [0.2, 0.25) is 0 Å². The van der Waals surface area contributed by atoms with Crippen LogP contribution in [0, 0.1) is 5.92 Å². The van der Waals surface area contributed by atoms with Gasteiger partial charge in [-0.25, -0.2) is 0 Å². The highest BCUT2D eigenvalue weighted by Gasteiger charge is 2.35. The molecule has 1 aromatic rings. The molecule has 1 aliphatic carbocycles. The normalized spacial score (nSPS) is 27.0. The van der Waals surface area contributed by atoms with Crippen LogP contribution in [0.3, 0.4) is 0 Å². The van der Waals surface area contributed by atoms with Crippen LogP contribution in [0.5, 0.6) is 0 Å². The lowest BCUT2D eigenvalue weighted by atomic mass is 9.91. The van der Waals surface area contributed by atoms with Gasteiger partial charge in [-0.1, -0.05) is 25.0 Å². The van der Waals surface area contributed by atoms with Gasteiger partial charge in [-0.3, -0.25) is 4.79 Å². The van der Waals surface area contributed by atoms with Crippen LogP contribution in [0.15, 0.2) is 24.3 Å². The van der Waals surface area contributed by atoms with E-state index in [1.807, 2.05) is 0 Å². The van der Waals surface area contributed by atoms with Crippen molar-refractivity contribution in [3.63, 3.8) is 0 Å². The van der Waals surface area contributed by atoms with Crippen LogP contribution in [-0.2, 0) is 15.7 Å². The number of halogens is 3. The SMILES string of the molecule is O=C(O)CC1CCC(NCC2CCCC2)C(c2ccc(C(F)(F)F)cc2)O1. The van der Waals surface area contributed by atoms with Gasteiger partial charge >= 0.3 is 12.1 Å². The van der Waals surface area contributed by atoms with Crippen molar-refractivity contribution in [2.75, 3.05) is 6.54 Å². The number of rotatable bonds is 6. The fourth-order valence-electron chi connectivity index (χ4n) is 4.15. The Hall–Kier alpha value is -1.60. The van der Waals surface area contributed by atoms with Gasteiger partial charge in [0.2, 0.25) is 0 Å². The van der Waals surface area contributed by atoms with Crippen molar-refractivity contribution in [3.05, 3.63) is 35.4 Å². The van der Waals surface area contributed by atoms with E-state index in [9.17, 15) is 18.0 Å². The molecule has 1 aromatic carbocycles. The number of carboxylic acids is 1. The van der Waals surface area contributed by atoms with E-state index >= 15 is 0 Å². The summed E-state index contributed by atoms with van der Waals surface area (Å²) >= 11 is 0.